The summed E-state index contributed by atoms with van der Waals surface area (Å²) in [7, 11) is 0. The Morgan fingerprint density at radius 1 is 0.731 bits per heavy atom. The van der Waals surface area contributed by atoms with Crippen molar-refractivity contribution in [1.29, 1.82) is 0 Å². The van der Waals surface area contributed by atoms with E-state index in [1.807, 2.05) is 0 Å². The number of hydrogen-bond donors (Lipinski definition) is 2. The minimum Gasteiger partial charge on any atom is -0.481 e. The largest absolute Gasteiger partial charge is 0.481 e. The molecular weight excluding hydrogens is 328 g/mol. The lowest BCUT2D eigenvalue weighted by molar-refractivity contribution is -0.137. The molecule has 0 saturated heterocycles. The standard InChI is InChI=1S/C18H34O2.C4H6O2/c1-2-3-4-5-6-7-8-9-10-11-12-13-14-15-16-17-18(19)20;1-2-3-4(5)6/h9-10H,2-8,11-17H2,1H3,(H,19,20);2-3H,1H3,(H,5,6)/b10-9-;3-2+. The SMILES string of the molecule is C/C=C/C(=O)O.CCCCCCCC/C=C\CCCCCCCC(=O)O. The molecule has 0 atom stereocenters. The van der Waals surface area contributed by atoms with Gasteiger partial charge in [0, 0.05) is 12.5 Å². The van der Waals surface area contributed by atoms with Crippen LogP contribution >= 0.6 is 0 Å². The molecule has 4 heteroatoms. The first kappa shape index (κ1) is 26.6. The lowest BCUT2D eigenvalue weighted by atomic mass is 10.1. The number of hydrogen-bond acceptors (Lipinski definition) is 2. The second-order valence-electron chi connectivity index (χ2n) is 6.57. The number of allylic oxidation sites excluding steroid dienone is 3. The number of carboxylic acid groups (broad SMARTS) is 2. The van der Waals surface area contributed by atoms with E-state index in [-0.39, 0.29) is 0 Å². The first-order chi connectivity index (χ1) is 12.5. The van der Waals surface area contributed by atoms with Crippen molar-refractivity contribution in [2.24, 2.45) is 0 Å². The molecule has 0 radical (unpaired) electrons. The Labute approximate surface area is 160 Å². The molecule has 0 aromatic rings. The highest BCUT2D eigenvalue weighted by molar-refractivity contribution is 5.79. The van der Waals surface area contributed by atoms with E-state index in [2.05, 4.69) is 19.1 Å². The fraction of sp³-hybridized carbons (Fsp3) is 0.727. The van der Waals surface area contributed by atoms with Gasteiger partial charge in [0.05, 0.1) is 0 Å². The molecule has 2 N–H and O–H groups in total. The molecule has 0 aromatic carbocycles. The first-order valence-corrected chi connectivity index (χ1v) is 10.3. The average molecular weight is 369 g/mol. The molecule has 0 aliphatic carbocycles. The molecule has 0 aromatic heterocycles. The Balaban J connectivity index is 0. The second-order valence-corrected chi connectivity index (χ2v) is 6.57. The van der Waals surface area contributed by atoms with Gasteiger partial charge in [-0.1, -0.05) is 76.5 Å². The van der Waals surface area contributed by atoms with Crippen LogP contribution in [0.3, 0.4) is 0 Å². The van der Waals surface area contributed by atoms with Gasteiger partial charge in [0.1, 0.15) is 0 Å². The molecule has 0 bridgehead atoms. The van der Waals surface area contributed by atoms with Crippen LogP contribution < -0.4 is 0 Å². The van der Waals surface area contributed by atoms with E-state index in [1.54, 1.807) is 6.92 Å². The fourth-order valence-corrected chi connectivity index (χ4v) is 2.49. The Morgan fingerprint density at radius 3 is 1.58 bits per heavy atom. The van der Waals surface area contributed by atoms with Crippen LogP contribution in [0.1, 0.15) is 104 Å². The van der Waals surface area contributed by atoms with Crippen molar-refractivity contribution in [3.8, 4) is 0 Å². The molecule has 4 nitrogen and oxygen atoms in total. The van der Waals surface area contributed by atoms with E-state index < -0.39 is 11.9 Å². The fourth-order valence-electron chi connectivity index (χ4n) is 2.49. The van der Waals surface area contributed by atoms with Gasteiger partial charge < -0.3 is 10.2 Å². The van der Waals surface area contributed by atoms with Crippen LogP contribution in [0.25, 0.3) is 0 Å². The first-order valence-electron chi connectivity index (χ1n) is 10.3. The zero-order chi connectivity index (χ0) is 19.9. The van der Waals surface area contributed by atoms with Crippen LogP contribution in [-0.2, 0) is 9.59 Å². The monoisotopic (exact) mass is 368 g/mol. The van der Waals surface area contributed by atoms with Gasteiger partial charge in [-0.25, -0.2) is 4.79 Å². The summed E-state index contributed by atoms with van der Waals surface area (Å²) >= 11 is 0. The van der Waals surface area contributed by atoms with Gasteiger partial charge in [-0.3, -0.25) is 4.79 Å². The molecule has 0 unspecified atom stereocenters. The van der Waals surface area contributed by atoms with E-state index >= 15 is 0 Å². The van der Waals surface area contributed by atoms with Crippen molar-refractivity contribution < 1.29 is 19.8 Å². The van der Waals surface area contributed by atoms with Crippen LogP contribution in [0, 0.1) is 0 Å². The summed E-state index contributed by atoms with van der Waals surface area (Å²) in [5.41, 5.74) is 0. The second kappa shape index (κ2) is 23.4. The lowest BCUT2D eigenvalue weighted by Crippen LogP contribution is -1.93. The highest BCUT2D eigenvalue weighted by Gasteiger charge is 1.95. The number of carbonyl (C=O) groups is 2. The summed E-state index contributed by atoms with van der Waals surface area (Å²) < 4.78 is 0. The molecule has 0 aliphatic heterocycles. The Morgan fingerprint density at radius 2 is 1.19 bits per heavy atom. The maximum absolute atomic E-state index is 10.3. The van der Waals surface area contributed by atoms with E-state index in [1.165, 1.54) is 76.7 Å². The molecule has 0 heterocycles. The number of rotatable bonds is 16. The van der Waals surface area contributed by atoms with Gasteiger partial charge in [0.15, 0.2) is 0 Å². The average Bonchev–Trinajstić information content (AvgIpc) is 2.58. The van der Waals surface area contributed by atoms with Crippen molar-refractivity contribution in [2.75, 3.05) is 0 Å². The van der Waals surface area contributed by atoms with Gasteiger partial charge in [0.25, 0.3) is 0 Å². The number of carboxylic acids is 2. The van der Waals surface area contributed by atoms with E-state index in [9.17, 15) is 9.59 Å². The smallest absolute Gasteiger partial charge is 0.327 e. The minimum absolute atomic E-state index is 0.332. The molecule has 0 saturated carbocycles. The molecule has 0 rings (SSSR count). The van der Waals surface area contributed by atoms with Gasteiger partial charge in [-0.15, -0.1) is 0 Å². The van der Waals surface area contributed by atoms with E-state index in [0.29, 0.717) is 6.42 Å². The van der Waals surface area contributed by atoms with Crippen LogP contribution in [0.4, 0.5) is 0 Å². The summed E-state index contributed by atoms with van der Waals surface area (Å²) in [5, 5.41) is 16.3. The van der Waals surface area contributed by atoms with Crippen molar-refractivity contribution in [3.05, 3.63) is 24.3 Å². The third kappa shape index (κ3) is 30.3. The Hall–Kier alpha value is -1.58. The summed E-state index contributed by atoms with van der Waals surface area (Å²) in [5.74, 6) is -1.56. The Bertz CT molecular complexity index is 372. The predicted octanol–water partition coefficient (Wildman–Crippen LogP) is 6.76. The lowest BCUT2D eigenvalue weighted by Gasteiger charge is -1.99. The molecule has 0 spiro atoms. The van der Waals surface area contributed by atoms with Crippen molar-refractivity contribution in [3.63, 3.8) is 0 Å². The molecule has 0 fully saturated rings. The van der Waals surface area contributed by atoms with E-state index in [4.69, 9.17) is 10.2 Å². The highest BCUT2D eigenvalue weighted by atomic mass is 16.4. The zero-order valence-corrected chi connectivity index (χ0v) is 16.9. The highest BCUT2D eigenvalue weighted by Crippen LogP contribution is 2.09. The van der Waals surface area contributed by atoms with Gasteiger partial charge in [0.2, 0.25) is 0 Å². The normalized spacial score (nSPS) is 10.8. The van der Waals surface area contributed by atoms with Crippen LogP contribution in [0.5, 0.6) is 0 Å². The van der Waals surface area contributed by atoms with Crippen molar-refractivity contribution >= 4 is 11.9 Å². The summed E-state index contributed by atoms with van der Waals surface area (Å²) in [6.07, 6.45) is 23.8. The molecular formula is C22H40O4. The maximum atomic E-state index is 10.3. The number of unbranched alkanes of at least 4 members (excludes halogenated alkanes) is 11. The van der Waals surface area contributed by atoms with Gasteiger partial charge in [-0.2, -0.15) is 0 Å². The molecule has 0 amide bonds. The minimum atomic E-state index is -0.891. The van der Waals surface area contributed by atoms with E-state index in [0.717, 1.165) is 18.9 Å². The van der Waals surface area contributed by atoms with Gasteiger partial charge in [-0.05, 0) is 39.0 Å². The molecule has 0 aliphatic rings. The van der Waals surface area contributed by atoms with Crippen LogP contribution in [0.2, 0.25) is 0 Å². The summed E-state index contributed by atoms with van der Waals surface area (Å²) in [6.45, 7) is 3.92. The van der Waals surface area contributed by atoms with Crippen LogP contribution in [-0.4, -0.2) is 22.2 Å². The molecule has 26 heavy (non-hydrogen) atoms. The summed E-state index contributed by atoms with van der Waals surface area (Å²) in [6, 6.07) is 0. The third-order valence-electron chi connectivity index (χ3n) is 3.96. The van der Waals surface area contributed by atoms with Gasteiger partial charge >= 0.3 is 11.9 Å². The maximum Gasteiger partial charge on any atom is 0.327 e. The third-order valence-corrected chi connectivity index (χ3v) is 3.96. The van der Waals surface area contributed by atoms with Crippen LogP contribution in [0.15, 0.2) is 24.3 Å². The zero-order valence-electron chi connectivity index (χ0n) is 16.9. The molecule has 152 valence electrons. The Kier molecular flexibility index (Phi) is 24.0. The predicted molar refractivity (Wildman–Crippen MR) is 110 cm³/mol. The van der Waals surface area contributed by atoms with Crippen molar-refractivity contribution in [2.45, 2.75) is 104 Å². The quantitative estimate of drug-likeness (QED) is 0.179. The number of aliphatic carboxylic acids is 2. The summed E-state index contributed by atoms with van der Waals surface area (Å²) in [4.78, 5) is 19.8. The van der Waals surface area contributed by atoms with Crippen molar-refractivity contribution in [1.82, 2.24) is 0 Å². The topological polar surface area (TPSA) is 74.6 Å².